The summed E-state index contributed by atoms with van der Waals surface area (Å²) in [6.07, 6.45) is 3.35. The number of carbonyl (C=O) groups is 1. The van der Waals surface area contributed by atoms with Gasteiger partial charge in [-0.3, -0.25) is 4.79 Å². The minimum atomic E-state index is -0.154. The third-order valence-corrected chi connectivity index (χ3v) is 3.12. The van der Waals surface area contributed by atoms with Crippen LogP contribution in [0.2, 0.25) is 0 Å². The molecule has 2 N–H and O–H groups in total. The standard InChI is InChI=1S/C13H13N3O2/c14-10-3-4-11-9(8-10)2-1-7-16(11)13(17)12-5-6-15-18-12/h3-6,8H,1-2,7,14H2. The van der Waals surface area contributed by atoms with E-state index in [4.69, 9.17) is 10.3 Å². The summed E-state index contributed by atoms with van der Waals surface area (Å²) in [6, 6.07) is 7.20. The van der Waals surface area contributed by atoms with Gasteiger partial charge in [-0.05, 0) is 36.6 Å². The Morgan fingerprint density at radius 3 is 3.06 bits per heavy atom. The lowest BCUT2D eigenvalue weighted by Gasteiger charge is -2.28. The molecule has 0 radical (unpaired) electrons. The van der Waals surface area contributed by atoms with Gasteiger partial charge in [-0.15, -0.1) is 0 Å². The van der Waals surface area contributed by atoms with Crippen LogP contribution in [0.15, 0.2) is 35.0 Å². The van der Waals surface area contributed by atoms with Crippen molar-refractivity contribution in [3.8, 4) is 0 Å². The first-order valence-corrected chi connectivity index (χ1v) is 5.86. The highest BCUT2D eigenvalue weighted by molar-refractivity contribution is 6.04. The normalized spacial score (nSPS) is 14.3. The first kappa shape index (κ1) is 10.8. The minimum Gasteiger partial charge on any atom is -0.399 e. The van der Waals surface area contributed by atoms with Gasteiger partial charge in [-0.25, -0.2) is 0 Å². The van der Waals surface area contributed by atoms with Crippen molar-refractivity contribution < 1.29 is 9.32 Å². The van der Waals surface area contributed by atoms with Gasteiger partial charge in [0, 0.05) is 24.0 Å². The molecule has 2 heterocycles. The number of benzene rings is 1. The zero-order valence-corrected chi connectivity index (χ0v) is 9.80. The monoisotopic (exact) mass is 243 g/mol. The zero-order valence-electron chi connectivity index (χ0n) is 9.80. The number of nitrogens with zero attached hydrogens (tertiary/aromatic N) is 2. The molecule has 2 aromatic rings. The molecule has 92 valence electrons. The summed E-state index contributed by atoms with van der Waals surface area (Å²) in [5, 5.41) is 3.57. The van der Waals surface area contributed by atoms with Crippen molar-refractivity contribution >= 4 is 17.3 Å². The molecular weight excluding hydrogens is 230 g/mol. The van der Waals surface area contributed by atoms with Crippen LogP contribution in [-0.2, 0) is 6.42 Å². The summed E-state index contributed by atoms with van der Waals surface area (Å²) in [5.41, 5.74) is 8.51. The molecule has 0 saturated carbocycles. The van der Waals surface area contributed by atoms with Crippen molar-refractivity contribution in [1.82, 2.24) is 5.16 Å². The number of fused-ring (bicyclic) bond motifs is 1. The topological polar surface area (TPSA) is 72.4 Å². The van der Waals surface area contributed by atoms with E-state index in [1.165, 1.54) is 6.20 Å². The van der Waals surface area contributed by atoms with E-state index in [-0.39, 0.29) is 11.7 Å². The van der Waals surface area contributed by atoms with Crippen molar-refractivity contribution in [3.63, 3.8) is 0 Å². The van der Waals surface area contributed by atoms with Crippen molar-refractivity contribution in [3.05, 3.63) is 41.8 Å². The number of aromatic nitrogens is 1. The van der Waals surface area contributed by atoms with E-state index in [0.29, 0.717) is 6.54 Å². The van der Waals surface area contributed by atoms with Crippen molar-refractivity contribution in [2.75, 3.05) is 17.2 Å². The van der Waals surface area contributed by atoms with Gasteiger partial charge >= 0.3 is 0 Å². The van der Waals surface area contributed by atoms with Crippen LogP contribution in [0, 0.1) is 0 Å². The van der Waals surface area contributed by atoms with Crippen LogP contribution in [0.4, 0.5) is 11.4 Å². The maximum Gasteiger partial charge on any atom is 0.296 e. The van der Waals surface area contributed by atoms with Gasteiger partial charge in [0.1, 0.15) is 0 Å². The highest BCUT2D eigenvalue weighted by atomic mass is 16.5. The number of rotatable bonds is 1. The van der Waals surface area contributed by atoms with Crippen LogP contribution in [0.5, 0.6) is 0 Å². The highest BCUT2D eigenvalue weighted by Gasteiger charge is 2.25. The van der Waals surface area contributed by atoms with Crippen molar-refractivity contribution in [1.29, 1.82) is 0 Å². The van der Waals surface area contributed by atoms with Gasteiger partial charge in [0.25, 0.3) is 5.91 Å². The molecule has 3 rings (SSSR count). The minimum absolute atomic E-state index is 0.154. The Morgan fingerprint density at radius 1 is 1.39 bits per heavy atom. The SMILES string of the molecule is Nc1ccc2c(c1)CCCN2C(=O)c1ccno1. The summed E-state index contributed by atoms with van der Waals surface area (Å²) in [4.78, 5) is 14.0. The van der Waals surface area contributed by atoms with E-state index in [9.17, 15) is 4.79 Å². The molecule has 5 nitrogen and oxygen atoms in total. The Kier molecular flexibility index (Phi) is 2.51. The second-order valence-electron chi connectivity index (χ2n) is 4.33. The van der Waals surface area contributed by atoms with Gasteiger partial charge in [0.05, 0.1) is 6.20 Å². The van der Waals surface area contributed by atoms with Crippen LogP contribution in [0.25, 0.3) is 0 Å². The van der Waals surface area contributed by atoms with Crippen LogP contribution < -0.4 is 10.6 Å². The third kappa shape index (κ3) is 1.73. The maximum atomic E-state index is 12.3. The summed E-state index contributed by atoms with van der Waals surface area (Å²) in [6.45, 7) is 0.691. The fourth-order valence-corrected chi connectivity index (χ4v) is 2.29. The largest absolute Gasteiger partial charge is 0.399 e. The molecule has 1 aliphatic rings. The molecule has 1 aromatic heterocycles. The fourth-order valence-electron chi connectivity index (χ4n) is 2.29. The van der Waals surface area contributed by atoms with Gasteiger partial charge in [-0.2, -0.15) is 0 Å². The number of hydrogen-bond donors (Lipinski definition) is 1. The lowest BCUT2D eigenvalue weighted by molar-refractivity contribution is 0.0949. The smallest absolute Gasteiger partial charge is 0.296 e. The first-order chi connectivity index (χ1) is 8.75. The average molecular weight is 243 g/mol. The fraction of sp³-hybridized carbons (Fsp3) is 0.231. The Labute approximate surface area is 104 Å². The number of anilines is 2. The van der Waals surface area contributed by atoms with Crippen molar-refractivity contribution in [2.45, 2.75) is 12.8 Å². The molecule has 0 bridgehead atoms. The Hall–Kier alpha value is -2.30. The molecule has 1 aromatic carbocycles. The number of nitrogens with two attached hydrogens (primary N) is 1. The number of aryl methyl sites for hydroxylation is 1. The zero-order chi connectivity index (χ0) is 12.5. The highest BCUT2D eigenvalue weighted by Crippen LogP contribution is 2.29. The van der Waals surface area contributed by atoms with E-state index < -0.39 is 0 Å². The summed E-state index contributed by atoms with van der Waals surface area (Å²) < 4.78 is 4.92. The molecule has 0 spiro atoms. The lowest BCUT2D eigenvalue weighted by Crippen LogP contribution is -2.35. The van der Waals surface area contributed by atoms with E-state index in [1.807, 2.05) is 18.2 Å². The number of carbonyl (C=O) groups excluding carboxylic acids is 1. The molecule has 1 aliphatic heterocycles. The second-order valence-corrected chi connectivity index (χ2v) is 4.33. The maximum absolute atomic E-state index is 12.3. The Morgan fingerprint density at radius 2 is 2.28 bits per heavy atom. The van der Waals surface area contributed by atoms with Crippen LogP contribution in [0.3, 0.4) is 0 Å². The van der Waals surface area contributed by atoms with Gasteiger partial charge in [0.15, 0.2) is 0 Å². The van der Waals surface area contributed by atoms with Crippen molar-refractivity contribution in [2.24, 2.45) is 0 Å². The summed E-state index contributed by atoms with van der Waals surface area (Å²) >= 11 is 0. The molecule has 1 amide bonds. The predicted molar refractivity (Wildman–Crippen MR) is 67.4 cm³/mol. The molecule has 18 heavy (non-hydrogen) atoms. The lowest BCUT2D eigenvalue weighted by atomic mass is 10.0. The molecule has 0 aliphatic carbocycles. The van der Waals surface area contributed by atoms with E-state index in [2.05, 4.69) is 5.16 Å². The number of hydrogen-bond acceptors (Lipinski definition) is 4. The predicted octanol–water partition coefficient (Wildman–Crippen LogP) is 1.85. The summed E-state index contributed by atoms with van der Waals surface area (Å²) in [5.74, 6) is 0.109. The molecule has 0 atom stereocenters. The van der Waals surface area contributed by atoms with Gasteiger partial charge in [-0.1, -0.05) is 5.16 Å². The second kappa shape index (κ2) is 4.18. The van der Waals surface area contributed by atoms with E-state index in [0.717, 1.165) is 29.8 Å². The van der Waals surface area contributed by atoms with E-state index in [1.54, 1.807) is 11.0 Å². The quantitative estimate of drug-likeness (QED) is 0.776. The number of amides is 1. The van der Waals surface area contributed by atoms with Crippen LogP contribution in [0.1, 0.15) is 22.5 Å². The van der Waals surface area contributed by atoms with Crippen LogP contribution >= 0.6 is 0 Å². The first-order valence-electron chi connectivity index (χ1n) is 5.86. The molecule has 5 heteroatoms. The van der Waals surface area contributed by atoms with Gasteiger partial charge in [0.2, 0.25) is 5.76 Å². The third-order valence-electron chi connectivity index (χ3n) is 3.12. The molecule has 0 saturated heterocycles. The summed E-state index contributed by atoms with van der Waals surface area (Å²) in [7, 11) is 0. The Bertz CT molecular complexity index is 578. The number of nitrogen functional groups attached to an aromatic ring is 1. The average Bonchev–Trinajstić information content (AvgIpc) is 2.90. The van der Waals surface area contributed by atoms with E-state index >= 15 is 0 Å². The Balaban J connectivity index is 1.99. The molecule has 0 fully saturated rings. The molecular formula is C13H13N3O2. The molecule has 0 unspecified atom stereocenters. The van der Waals surface area contributed by atoms with Crippen LogP contribution in [-0.4, -0.2) is 17.6 Å². The van der Waals surface area contributed by atoms with Gasteiger partial charge < -0.3 is 15.2 Å².